The van der Waals surface area contributed by atoms with Gasteiger partial charge < -0.3 is 4.90 Å². The number of thioether (sulfide) groups is 2. The first kappa shape index (κ1) is 40.8. The number of aryl methyl sites for hydroxylation is 1. The van der Waals surface area contributed by atoms with Crippen LogP contribution in [-0.4, -0.2) is 50.2 Å². The van der Waals surface area contributed by atoms with Gasteiger partial charge in [0.1, 0.15) is 11.6 Å². The third-order valence-electron chi connectivity index (χ3n) is 7.93. The van der Waals surface area contributed by atoms with E-state index in [0.29, 0.717) is 5.03 Å². The molecule has 1 aromatic heterocycles. The second kappa shape index (κ2) is 21.6. The van der Waals surface area contributed by atoms with Crippen molar-refractivity contribution in [2.24, 2.45) is 11.8 Å². The molecule has 0 N–H and O–H groups in total. The molecule has 0 atom stereocenters. The normalized spacial score (nSPS) is 17.8. The van der Waals surface area contributed by atoms with E-state index in [1.807, 2.05) is 69.6 Å². The summed E-state index contributed by atoms with van der Waals surface area (Å²) in [5, 5.41) is 2.62. The monoisotopic (exact) mass is 683 g/mol. The van der Waals surface area contributed by atoms with E-state index in [9.17, 15) is 8.42 Å². The zero-order chi connectivity index (χ0) is 33.3. The van der Waals surface area contributed by atoms with Gasteiger partial charge in [0, 0.05) is 24.4 Å². The van der Waals surface area contributed by atoms with Gasteiger partial charge in [-0.15, -0.1) is 23.5 Å². The molecule has 0 bridgehead atoms. The Labute approximate surface area is 283 Å². The van der Waals surface area contributed by atoms with Gasteiger partial charge in [0.2, 0.25) is 0 Å². The third kappa shape index (κ3) is 13.3. The average molecular weight is 685 g/mol. The van der Waals surface area contributed by atoms with Crippen LogP contribution in [0.15, 0.2) is 44.5 Å². The minimum Gasteiger partial charge on any atom is -0.362 e. The van der Waals surface area contributed by atoms with Crippen LogP contribution >= 0.6 is 35.1 Å². The summed E-state index contributed by atoms with van der Waals surface area (Å²) in [6.45, 7) is 11.8. The summed E-state index contributed by atoms with van der Waals surface area (Å²) in [6, 6.07) is 8.06. The maximum absolute atomic E-state index is 12.2. The summed E-state index contributed by atoms with van der Waals surface area (Å²) in [5.41, 5.74) is 1.00. The fourth-order valence-corrected chi connectivity index (χ4v) is 8.84. The molecule has 0 spiro atoms. The van der Waals surface area contributed by atoms with E-state index in [1.54, 1.807) is 19.3 Å². The fraction of sp³-hybridized carbons (Fsp3) is 0.657. The SMILES string of the molecule is CC/C(SC)=C(Cl)/C(=C/SC)S(=O)(=O)C(C)C.CCCCC1CCC(CCC)CC1.Cc1nc(N(C)C)c2ccccc2n1. The number of nitrogens with zero attached hydrogens (tertiary/aromatic N) is 3. The Balaban J connectivity index is 0.000000333. The van der Waals surface area contributed by atoms with Crippen molar-refractivity contribution in [3.05, 3.63) is 50.3 Å². The lowest BCUT2D eigenvalue weighted by Gasteiger charge is -2.28. The first-order valence-electron chi connectivity index (χ1n) is 16.2. The van der Waals surface area contributed by atoms with Gasteiger partial charge in [0.15, 0.2) is 9.84 Å². The largest absolute Gasteiger partial charge is 0.362 e. The maximum atomic E-state index is 12.2. The highest BCUT2D eigenvalue weighted by molar-refractivity contribution is 8.03. The number of anilines is 1. The average Bonchev–Trinajstić information content (AvgIpc) is 3.00. The predicted octanol–water partition coefficient (Wildman–Crippen LogP) is 11.0. The zero-order valence-electron chi connectivity index (χ0n) is 29.0. The van der Waals surface area contributed by atoms with Crippen LogP contribution in [0.25, 0.3) is 10.9 Å². The summed E-state index contributed by atoms with van der Waals surface area (Å²) < 4.78 is 24.4. The number of halogens is 1. The molecule has 1 heterocycles. The Morgan fingerprint density at radius 3 is 2.07 bits per heavy atom. The maximum Gasteiger partial charge on any atom is 0.182 e. The second-order valence-corrected chi connectivity index (χ2v) is 16.4. The van der Waals surface area contributed by atoms with Crippen LogP contribution < -0.4 is 4.90 Å². The quantitative estimate of drug-likeness (QED) is 0.206. The predicted molar refractivity (Wildman–Crippen MR) is 201 cm³/mol. The summed E-state index contributed by atoms with van der Waals surface area (Å²) in [7, 11) is 0.660. The van der Waals surface area contributed by atoms with Crippen molar-refractivity contribution in [2.75, 3.05) is 31.5 Å². The van der Waals surface area contributed by atoms with Gasteiger partial charge in [-0.2, -0.15) is 0 Å². The number of aromatic nitrogens is 2. The lowest BCUT2D eigenvalue weighted by atomic mass is 9.78. The van der Waals surface area contributed by atoms with Crippen LogP contribution in [0.3, 0.4) is 0 Å². The number of unbranched alkanes of at least 4 members (excludes halogenated alkanes) is 1. The summed E-state index contributed by atoms with van der Waals surface area (Å²) in [4.78, 5) is 12.0. The minimum atomic E-state index is -3.33. The van der Waals surface area contributed by atoms with Crippen molar-refractivity contribution in [2.45, 2.75) is 111 Å². The number of allylic oxidation sites excluding steroid dienone is 2. The first-order chi connectivity index (χ1) is 20.9. The van der Waals surface area contributed by atoms with Gasteiger partial charge in [-0.1, -0.05) is 102 Å². The zero-order valence-corrected chi connectivity index (χ0v) is 32.2. The lowest BCUT2D eigenvalue weighted by Crippen LogP contribution is -2.16. The van der Waals surface area contributed by atoms with Gasteiger partial charge in [0.25, 0.3) is 0 Å². The first-order valence-corrected chi connectivity index (χ1v) is 20.6. The van der Waals surface area contributed by atoms with Crippen molar-refractivity contribution >= 4 is 61.7 Å². The summed E-state index contributed by atoms with van der Waals surface area (Å²) in [6.07, 6.45) is 17.8. The highest BCUT2D eigenvalue weighted by Gasteiger charge is 2.26. The van der Waals surface area contributed by atoms with Gasteiger partial charge in [-0.05, 0) is 69.1 Å². The number of sulfone groups is 1. The highest BCUT2D eigenvalue weighted by Crippen LogP contribution is 2.35. The molecule has 3 rings (SSSR count). The number of fused-ring (bicyclic) bond motifs is 1. The number of hydrogen-bond acceptors (Lipinski definition) is 7. The van der Waals surface area contributed by atoms with Crippen LogP contribution in [0.5, 0.6) is 0 Å². The van der Waals surface area contributed by atoms with Crippen LogP contribution in [0.4, 0.5) is 5.82 Å². The molecule has 1 fully saturated rings. The van der Waals surface area contributed by atoms with Crippen LogP contribution in [-0.2, 0) is 9.84 Å². The van der Waals surface area contributed by atoms with E-state index >= 15 is 0 Å². The van der Waals surface area contributed by atoms with Crippen molar-refractivity contribution in [3.63, 3.8) is 0 Å². The van der Waals surface area contributed by atoms with E-state index in [4.69, 9.17) is 11.6 Å². The number of para-hydroxylation sites is 1. The number of rotatable bonds is 12. The Bertz CT molecular complexity index is 1280. The highest BCUT2D eigenvalue weighted by atomic mass is 35.5. The molecule has 1 aromatic carbocycles. The Kier molecular flexibility index (Phi) is 20.0. The van der Waals surface area contributed by atoms with Gasteiger partial charge >= 0.3 is 0 Å². The molecule has 0 radical (unpaired) electrons. The molecule has 0 saturated heterocycles. The van der Waals surface area contributed by atoms with Crippen molar-refractivity contribution < 1.29 is 8.42 Å². The molecular weight excluding hydrogens is 626 g/mol. The molecule has 9 heteroatoms. The Morgan fingerprint density at radius 2 is 1.59 bits per heavy atom. The minimum absolute atomic E-state index is 0.243. The molecule has 5 nitrogen and oxygen atoms in total. The fourth-order valence-electron chi connectivity index (χ4n) is 5.36. The summed E-state index contributed by atoms with van der Waals surface area (Å²) >= 11 is 9.06. The van der Waals surface area contributed by atoms with Crippen molar-refractivity contribution in [1.29, 1.82) is 0 Å². The molecule has 250 valence electrons. The van der Waals surface area contributed by atoms with Crippen LogP contribution in [0.1, 0.15) is 105 Å². The molecule has 0 aliphatic heterocycles. The van der Waals surface area contributed by atoms with Gasteiger partial charge in [-0.25, -0.2) is 18.4 Å². The van der Waals surface area contributed by atoms with Crippen molar-refractivity contribution in [3.8, 4) is 0 Å². The molecule has 1 saturated carbocycles. The lowest BCUT2D eigenvalue weighted by molar-refractivity contribution is 0.248. The van der Waals surface area contributed by atoms with Gasteiger partial charge in [-0.3, -0.25) is 0 Å². The smallest absolute Gasteiger partial charge is 0.182 e. The van der Waals surface area contributed by atoms with E-state index < -0.39 is 15.1 Å². The summed E-state index contributed by atoms with van der Waals surface area (Å²) in [5.74, 6) is 3.97. The molecule has 2 aromatic rings. The molecule has 1 aliphatic rings. The van der Waals surface area contributed by atoms with E-state index in [-0.39, 0.29) is 4.91 Å². The third-order valence-corrected chi connectivity index (χ3v) is 12.4. The molecular formula is C35H58ClN3O2S3. The topological polar surface area (TPSA) is 63.2 Å². The van der Waals surface area contributed by atoms with Crippen molar-refractivity contribution in [1.82, 2.24) is 9.97 Å². The number of hydrogen-bond donors (Lipinski definition) is 0. The van der Waals surface area contributed by atoms with Gasteiger partial charge in [0.05, 0.1) is 20.7 Å². The van der Waals surface area contributed by atoms with Crippen LogP contribution in [0.2, 0.25) is 0 Å². The Hall–Kier alpha value is -1.22. The molecule has 0 amide bonds. The van der Waals surface area contributed by atoms with E-state index in [0.717, 1.165) is 45.7 Å². The second-order valence-electron chi connectivity index (χ2n) is 11.9. The van der Waals surface area contributed by atoms with Crippen LogP contribution in [0, 0.1) is 18.8 Å². The molecule has 1 aliphatic carbocycles. The molecule has 44 heavy (non-hydrogen) atoms. The van der Waals surface area contributed by atoms with E-state index in [1.165, 1.54) is 81.3 Å². The number of benzene rings is 1. The molecule has 0 unspecified atom stereocenters. The van der Waals surface area contributed by atoms with E-state index in [2.05, 4.69) is 23.8 Å². The standard InChI is InChI=1S/C13H26.C11H19ClO2S3.C11H13N3/c1-3-5-7-13-10-8-12(6-4-2)9-11-13;1-6-9(16-5)11(12)10(7-15-4)17(13,14)8(2)3;1-8-12-10-7-5-4-6-9(10)11(13-8)14(2)3/h12-13H,3-11H2,1-2H3;7-8H,6H2,1-5H3;4-7H,1-3H3/b;10-7-,11-9+;. The Morgan fingerprint density at radius 1 is 1.00 bits per heavy atom.